The number of quaternary nitrogens is 1. The van der Waals surface area contributed by atoms with E-state index in [-0.39, 0.29) is 5.91 Å². The summed E-state index contributed by atoms with van der Waals surface area (Å²) in [5, 5.41) is 3.34. The smallest absolute Gasteiger partial charge is 0.256 e. The highest BCUT2D eigenvalue weighted by atomic mass is 32.1. The number of rotatable bonds is 5. The Morgan fingerprint density at radius 3 is 2.42 bits per heavy atom. The average molecular weight is 376 g/mol. The lowest BCUT2D eigenvalue weighted by Gasteiger charge is -2.19. The number of likely N-dealkylation sites (N-methyl/N-ethyl adjacent to an activating group) is 1. The van der Waals surface area contributed by atoms with Crippen LogP contribution >= 0.6 is 11.3 Å². The van der Waals surface area contributed by atoms with Crippen LogP contribution < -0.4 is 25.4 Å². The van der Waals surface area contributed by atoms with E-state index in [1.54, 1.807) is 18.2 Å². The van der Waals surface area contributed by atoms with Gasteiger partial charge in [0.1, 0.15) is 23.0 Å². The molecule has 1 atom stereocenters. The summed E-state index contributed by atoms with van der Waals surface area (Å²) in [6.45, 7) is 1.76. The highest BCUT2D eigenvalue weighted by Gasteiger charge is 2.28. The third-order valence-electron chi connectivity index (χ3n) is 4.44. The van der Waals surface area contributed by atoms with E-state index in [0.717, 1.165) is 30.0 Å². The van der Waals surface area contributed by atoms with E-state index < -0.39 is 5.91 Å². The third kappa shape index (κ3) is 3.51. The second kappa shape index (κ2) is 7.35. The van der Waals surface area contributed by atoms with Crippen molar-refractivity contribution in [2.24, 2.45) is 5.73 Å². The second-order valence-corrected chi connectivity index (χ2v) is 7.37. The molecule has 0 radical (unpaired) electrons. The Balaban J connectivity index is 1.94. The Morgan fingerprint density at radius 2 is 1.85 bits per heavy atom. The molecule has 2 amide bonds. The van der Waals surface area contributed by atoms with Crippen LogP contribution in [0.4, 0.5) is 5.00 Å². The number of nitrogens with two attached hydrogens (primary N) is 1. The molecule has 1 unspecified atom stereocenters. The van der Waals surface area contributed by atoms with Crippen LogP contribution in [0.15, 0.2) is 18.2 Å². The fourth-order valence-corrected chi connectivity index (χ4v) is 4.44. The van der Waals surface area contributed by atoms with E-state index in [9.17, 15) is 9.59 Å². The first kappa shape index (κ1) is 18.2. The molecule has 7 nitrogen and oxygen atoms in total. The van der Waals surface area contributed by atoms with Crippen LogP contribution in [0.25, 0.3) is 0 Å². The largest absolute Gasteiger partial charge is 0.497 e. The first-order valence-corrected chi connectivity index (χ1v) is 9.04. The maximum absolute atomic E-state index is 12.7. The fourth-order valence-electron chi connectivity index (χ4n) is 3.08. The van der Waals surface area contributed by atoms with Gasteiger partial charge < -0.3 is 25.4 Å². The van der Waals surface area contributed by atoms with Crippen molar-refractivity contribution in [3.63, 3.8) is 0 Å². The quantitative estimate of drug-likeness (QED) is 0.715. The van der Waals surface area contributed by atoms with Crippen LogP contribution in [-0.2, 0) is 13.0 Å². The lowest BCUT2D eigenvalue weighted by Crippen LogP contribution is -3.08. The Labute approximate surface area is 155 Å². The van der Waals surface area contributed by atoms with E-state index in [2.05, 4.69) is 12.4 Å². The van der Waals surface area contributed by atoms with E-state index in [4.69, 9.17) is 15.2 Å². The van der Waals surface area contributed by atoms with E-state index in [1.807, 2.05) is 0 Å². The van der Waals surface area contributed by atoms with Crippen molar-refractivity contribution < 1.29 is 24.0 Å². The average Bonchev–Trinajstić information content (AvgIpc) is 2.97. The Hall–Kier alpha value is -2.58. The Morgan fingerprint density at radius 1 is 1.19 bits per heavy atom. The van der Waals surface area contributed by atoms with Crippen molar-refractivity contribution in [1.82, 2.24) is 0 Å². The van der Waals surface area contributed by atoms with Crippen LogP contribution in [0.1, 0.15) is 31.2 Å². The highest BCUT2D eigenvalue weighted by molar-refractivity contribution is 7.17. The zero-order valence-electron chi connectivity index (χ0n) is 15.0. The molecule has 0 fully saturated rings. The number of ether oxygens (including phenoxy) is 2. The topological polar surface area (TPSA) is 95.1 Å². The first-order chi connectivity index (χ1) is 12.4. The van der Waals surface area contributed by atoms with Crippen molar-refractivity contribution >= 4 is 28.2 Å². The number of carbonyl (C=O) groups excluding carboxylic acids is 2. The van der Waals surface area contributed by atoms with Crippen LogP contribution in [0.5, 0.6) is 11.5 Å². The van der Waals surface area contributed by atoms with Gasteiger partial charge in [-0.05, 0) is 17.7 Å². The van der Waals surface area contributed by atoms with Crippen molar-refractivity contribution in [3.05, 3.63) is 39.8 Å². The molecule has 26 heavy (non-hydrogen) atoms. The van der Waals surface area contributed by atoms with Crippen molar-refractivity contribution in [1.29, 1.82) is 0 Å². The number of hydrogen-bond donors (Lipinski definition) is 3. The number of fused-ring (bicyclic) bond motifs is 1. The molecule has 0 bridgehead atoms. The van der Waals surface area contributed by atoms with Crippen molar-refractivity contribution in [3.8, 4) is 11.5 Å². The fraction of sp³-hybridized carbons (Fsp3) is 0.333. The van der Waals surface area contributed by atoms with E-state index in [0.29, 0.717) is 27.6 Å². The van der Waals surface area contributed by atoms with Crippen molar-refractivity contribution in [2.45, 2.75) is 13.0 Å². The number of thiophene rings is 1. The van der Waals surface area contributed by atoms with Gasteiger partial charge in [0.15, 0.2) is 0 Å². The lowest BCUT2D eigenvalue weighted by molar-refractivity contribution is -0.895. The van der Waals surface area contributed by atoms with Gasteiger partial charge in [-0.15, -0.1) is 11.3 Å². The molecule has 3 rings (SSSR count). The zero-order valence-corrected chi connectivity index (χ0v) is 15.8. The van der Waals surface area contributed by atoms with Crippen LogP contribution in [0.2, 0.25) is 0 Å². The Kier molecular flexibility index (Phi) is 5.15. The molecular formula is C18H22N3O4S+. The van der Waals surface area contributed by atoms with Gasteiger partial charge in [0.2, 0.25) is 0 Å². The molecule has 1 aliphatic rings. The zero-order chi connectivity index (χ0) is 18.8. The van der Waals surface area contributed by atoms with Gasteiger partial charge in [0.05, 0.1) is 38.3 Å². The predicted octanol–water partition coefficient (Wildman–Crippen LogP) is 0.687. The monoisotopic (exact) mass is 376 g/mol. The number of primary amides is 1. The van der Waals surface area contributed by atoms with Crippen molar-refractivity contribution in [2.75, 3.05) is 33.1 Å². The molecule has 0 saturated heterocycles. The number of benzene rings is 1. The number of anilines is 1. The summed E-state index contributed by atoms with van der Waals surface area (Å²) < 4.78 is 10.4. The number of carbonyl (C=O) groups is 2. The minimum absolute atomic E-state index is 0.344. The number of amides is 2. The molecule has 1 aromatic carbocycles. The Bertz CT molecular complexity index is 840. The van der Waals surface area contributed by atoms with E-state index in [1.165, 1.54) is 30.5 Å². The molecule has 1 aromatic heterocycles. The summed E-state index contributed by atoms with van der Waals surface area (Å²) in [5.74, 6) is 0.172. The number of hydrogen-bond acceptors (Lipinski definition) is 5. The lowest BCUT2D eigenvalue weighted by atomic mass is 10.0. The van der Waals surface area contributed by atoms with E-state index >= 15 is 0 Å². The normalized spacial score (nSPS) is 15.9. The molecule has 1 aliphatic heterocycles. The molecule has 0 spiro atoms. The number of methoxy groups -OCH3 is 2. The summed E-state index contributed by atoms with van der Waals surface area (Å²) in [6, 6.07) is 4.93. The van der Waals surface area contributed by atoms with Gasteiger partial charge in [-0.1, -0.05) is 0 Å². The molecule has 0 saturated carbocycles. The van der Waals surface area contributed by atoms with Gasteiger partial charge in [0.25, 0.3) is 11.8 Å². The minimum atomic E-state index is -0.513. The molecule has 2 aromatic rings. The molecule has 138 valence electrons. The predicted molar refractivity (Wildman–Crippen MR) is 99.5 cm³/mol. The second-order valence-electron chi connectivity index (χ2n) is 6.26. The molecule has 8 heteroatoms. The molecule has 4 N–H and O–H groups in total. The standard InChI is InChI=1S/C18H21N3O4S/c1-21-5-4-13-14(9-21)26-18(15(13)16(19)22)20-17(23)10-6-11(24-2)8-12(7-10)25-3/h6-8H,4-5,9H2,1-3H3,(H2,19,22)(H,20,23)/p+1. The number of nitrogens with one attached hydrogen (secondary N) is 2. The highest BCUT2D eigenvalue weighted by Crippen LogP contribution is 2.35. The van der Waals surface area contributed by atoms with Gasteiger partial charge in [-0.25, -0.2) is 0 Å². The maximum atomic E-state index is 12.7. The third-order valence-corrected chi connectivity index (χ3v) is 5.59. The van der Waals surface area contributed by atoms with Gasteiger partial charge in [-0.3, -0.25) is 9.59 Å². The molecular weight excluding hydrogens is 354 g/mol. The minimum Gasteiger partial charge on any atom is -0.497 e. The van der Waals surface area contributed by atoms with Gasteiger partial charge in [-0.2, -0.15) is 0 Å². The van der Waals surface area contributed by atoms with Gasteiger partial charge in [0, 0.05) is 18.1 Å². The molecule has 2 heterocycles. The molecule has 0 aliphatic carbocycles. The first-order valence-electron chi connectivity index (χ1n) is 8.23. The summed E-state index contributed by atoms with van der Waals surface area (Å²) in [6.07, 6.45) is 0.777. The summed E-state index contributed by atoms with van der Waals surface area (Å²) in [5.41, 5.74) is 7.37. The van der Waals surface area contributed by atoms with Crippen LogP contribution in [-0.4, -0.2) is 39.6 Å². The summed E-state index contributed by atoms with van der Waals surface area (Å²) >= 11 is 1.42. The summed E-state index contributed by atoms with van der Waals surface area (Å²) in [7, 11) is 5.15. The summed E-state index contributed by atoms with van der Waals surface area (Å²) in [4.78, 5) is 27.2. The van der Waals surface area contributed by atoms with Gasteiger partial charge >= 0.3 is 0 Å². The SMILES string of the molecule is COc1cc(OC)cc(C(=O)Nc2sc3c(c2C(N)=O)CC[NH+](C)C3)c1. The maximum Gasteiger partial charge on any atom is 0.256 e. The van der Waals surface area contributed by atoms with Crippen LogP contribution in [0, 0.1) is 0 Å². The van der Waals surface area contributed by atoms with Crippen LogP contribution in [0.3, 0.4) is 0 Å².